The lowest BCUT2D eigenvalue weighted by molar-refractivity contribution is -0.387. The van der Waals surface area contributed by atoms with Gasteiger partial charge in [-0.15, -0.1) is 0 Å². The van der Waals surface area contributed by atoms with Crippen molar-refractivity contribution in [1.82, 2.24) is 0 Å². The molecule has 0 aliphatic rings. The zero-order valence-electron chi connectivity index (χ0n) is 10.4. The van der Waals surface area contributed by atoms with Crippen molar-refractivity contribution >= 4 is 11.4 Å². The third kappa shape index (κ3) is 3.28. The number of nitro benzene ring substituents is 1. The smallest absolute Gasteiger partial charge is 0.307 e. The van der Waals surface area contributed by atoms with E-state index in [4.69, 9.17) is 0 Å². The van der Waals surface area contributed by atoms with E-state index in [1.165, 1.54) is 6.07 Å². The van der Waals surface area contributed by atoms with Crippen LogP contribution in [-0.2, 0) is 6.54 Å². The number of nitro groups is 1. The first-order valence-corrected chi connectivity index (χ1v) is 5.69. The second-order valence-electron chi connectivity index (χ2n) is 4.14. The molecule has 0 saturated heterocycles. The van der Waals surface area contributed by atoms with E-state index >= 15 is 0 Å². The number of hydrogen-bond donors (Lipinski definition) is 1. The second-order valence-corrected chi connectivity index (χ2v) is 4.14. The van der Waals surface area contributed by atoms with Gasteiger partial charge >= 0.3 is 5.69 Å². The summed E-state index contributed by atoms with van der Waals surface area (Å²) in [5.41, 5.74) is -0.905. The van der Waals surface area contributed by atoms with Crippen LogP contribution < -0.4 is 5.32 Å². The highest BCUT2D eigenvalue weighted by Gasteiger charge is 2.18. The molecule has 0 aromatic heterocycles. The molecule has 4 nitrogen and oxygen atoms in total. The second kappa shape index (κ2) is 5.78. The maximum absolute atomic E-state index is 13.5. The largest absolute Gasteiger partial charge is 0.378 e. The minimum Gasteiger partial charge on any atom is -0.378 e. The average molecular weight is 300 g/mol. The number of nitrogens with one attached hydrogen (secondary N) is 1. The molecule has 0 radical (unpaired) electrons. The normalized spacial score (nSPS) is 10.5. The summed E-state index contributed by atoms with van der Waals surface area (Å²) in [5.74, 6) is -4.42. The van der Waals surface area contributed by atoms with Crippen molar-refractivity contribution in [2.75, 3.05) is 5.32 Å². The molecule has 2 aromatic rings. The predicted molar refractivity (Wildman–Crippen MR) is 66.7 cm³/mol. The Hall–Kier alpha value is -2.64. The molecule has 0 saturated carbocycles. The zero-order chi connectivity index (χ0) is 15.6. The Balaban J connectivity index is 2.21. The third-order valence-corrected chi connectivity index (χ3v) is 2.70. The predicted octanol–water partition coefficient (Wildman–Crippen LogP) is 3.76. The summed E-state index contributed by atoms with van der Waals surface area (Å²) in [6.07, 6.45) is 0. The summed E-state index contributed by atoms with van der Waals surface area (Å²) < 4.78 is 52.4. The standard InChI is InChI=1S/C13H8F4N2O2/c14-8-2-1-7(3-9(8)15)6-18-12-5-13(19(20)21)11(17)4-10(12)16/h1-5,18H,6H2. The van der Waals surface area contributed by atoms with E-state index in [9.17, 15) is 27.7 Å². The van der Waals surface area contributed by atoms with Gasteiger partial charge in [-0.1, -0.05) is 6.07 Å². The molecule has 0 bridgehead atoms. The first kappa shape index (κ1) is 14.8. The number of hydrogen-bond acceptors (Lipinski definition) is 3. The molecule has 0 spiro atoms. The van der Waals surface area contributed by atoms with Crippen molar-refractivity contribution in [3.63, 3.8) is 0 Å². The van der Waals surface area contributed by atoms with Crippen molar-refractivity contribution in [2.45, 2.75) is 6.54 Å². The molecule has 21 heavy (non-hydrogen) atoms. The van der Waals surface area contributed by atoms with Gasteiger partial charge in [0.1, 0.15) is 5.82 Å². The zero-order valence-corrected chi connectivity index (χ0v) is 10.4. The maximum Gasteiger partial charge on any atom is 0.307 e. The maximum atomic E-state index is 13.5. The fourth-order valence-electron chi connectivity index (χ4n) is 1.66. The fraction of sp³-hybridized carbons (Fsp3) is 0.0769. The fourth-order valence-corrected chi connectivity index (χ4v) is 1.66. The van der Waals surface area contributed by atoms with Gasteiger partial charge in [0.25, 0.3) is 0 Å². The molecule has 0 aliphatic heterocycles. The van der Waals surface area contributed by atoms with Gasteiger partial charge in [-0.3, -0.25) is 10.1 Å². The summed E-state index contributed by atoms with van der Waals surface area (Å²) >= 11 is 0. The Morgan fingerprint density at radius 3 is 2.29 bits per heavy atom. The molecule has 1 N–H and O–H groups in total. The average Bonchev–Trinajstić information content (AvgIpc) is 2.41. The topological polar surface area (TPSA) is 55.2 Å². The molecule has 0 heterocycles. The number of nitrogens with zero attached hydrogens (tertiary/aromatic N) is 1. The highest BCUT2D eigenvalue weighted by Crippen LogP contribution is 2.25. The Morgan fingerprint density at radius 1 is 0.952 bits per heavy atom. The van der Waals surface area contributed by atoms with E-state index in [1.807, 2.05) is 0 Å². The van der Waals surface area contributed by atoms with Gasteiger partial charge in [0, 0.05) is 18.7 Å². The van der Waals surface area contributed by atoms with E-state index < -0.39 is 33.9 Å². The molecule has 2 aromatic carbocycles. The molecule has 0 aliphatic carbocycles. The van der Waals surface area contributed by atoms with Gasteiger partial charge in [0.2, 0.25) is 5.82 Å². The van der Waals surface area contributed by atoms with Gasteiger partial charge in [0.05, 0.1) is 10.6 Å². The van der Waals surface area contributed by atoms with Crippen LogP contribution in [0.4, 0.5) is 28.9 Å². The van der Waals surface area contributed by atoms with Crippen LogP contribution in [0.3, 0.4) is 0 Å². The molecule has 110 valence electrons. The van der Waals surface area contributed by atoms with Crippen LogP contribution >= 0.6 is 0 Å². The van der Waals surface area contributed by atoms with Crippen LogP contribution in [0.2, 0.25) is 0 Å². The molecular formula is C13H8F4N2O2. The molecular weight excluding hydrogens is 292 g/mol. The summed E-state index contributed by atoms with van der Waals surface area (Å²) in [4.78, 5) is 9.58. The lowest BCUT2D eigenvalue weighted by atomic mass is 10.2. The van der Waals surface area contributed by atoms with Crippen LogP contribution in [0.15, 0.2) is 30.3 Å². The lowest BCUT2D eigenvalue weighted by Gasteiger charge is -2.08. The van der Waals surface area contributed by atoms with Crippen LogP contribution in [0.5, 0.6) is 0 Å². The summed E-state index contributed by atoms with van der Waals surface area (Å²) in [7, 11) is 0. The Labute approximate surface area is 116 Å². The number of halogens is 4. The minimum atomic E-state index is -1.30. The van der Waals surface area contributed by atoms with E-state index in [-0.39, 0.29) is 12.2 Å². The van der Waals surface area contributed by atoms with E-state index in [2.05, 4.69) is 5.32 Å². The molecule has 0 amide bonds. The van der Waals surface area contributed by atoms with Gasteiger partial charge in [-0.2, -0.15) is 4.39 Å². The van der Waals surface area contributed by atoms with E-state index in [1.54, 1.807) is 0 Å². The van der Waals surface area contributed by atoms with Crippen LogP contribution in [0.25, 0.3) is 0 Å². The number of rotatable bonds is 4. The highest BCUT2D eigenvalue weighted by molar-refractivity contribution is 5.53. The van der Waals surface area contributed by atoms with E-state index in [0.717, 1.165) is 12.1 Å². The van der Waals surface area contributed by atoms with Gasteiger partial charge in [0.15, 0.2) is 11.6 Å². The van der Waals surface area contributed by atoms with Gasteiger partial charge in [-0.25, -0.2) is 13.2 Å². The van der Waals surface area contributed by atoms with Crippen molar-refractivity contribution in [3.05, 3.63) is 69.3 Å². The summed E-state index contributed by atoms with van der Waals surface area (Å²) in [5, 5.41) is 13.0. The van der Waals surface area contributed by atoms with Crippen LogP contribution in [-0.4, -0.2) is 4.92 Å². The van der Waals surface area contributed by atoms with Gasteiger partial charge < -0.3 is 5.32 Å². The SMILES string of the molecule is O=[N+]([O-])c1cc(NCc2ccc(F)c(F)c2)c(F)cc1F. The van der Waals surface area contributed by atoms with Crippen molar-refractivity contribution in [1.29, 1.82) is 0 Å². The first-order chi connectivity index (χ1) is 9.88. The third-order valence-electron chi connectivity index (χ3n) is 2.70. The van der Waals surface area contributed by atoms with Crippen molar-refractivity contribution < 1.29 is 22.5 Å². The van der Waals surface area contributed by atoms with Gasteiger partial charge in [-0.05, 0) is 17.7 Å². The number of anilines is 1. The monoisotopic (exact) mass is 300 g/mol. The Bertz CT molecular complexity index is 707. The van der Waals surface area contributed by atoms with Crippen molar-refractivity contribution in [2.24, 2.45) is 0 Å². The summed E-state index contributed by atoms with van der Waals surface area (Å²) in [6.45, 7) is -0.114. The van der Waals surface area contributed by atoms with E-state index in [0.29, 0.717) is 17.7 Å². The number of benzene rings is 2. The Morgan fingerprint density at radius 2 is 1.67 bits per heavy atom. The lowest BCUT2D eigenvalue weighted by Crippen LogP contribution is -2.04. The van der Waals surface area contributed by atoms with Crippen LogP contribution in [0.1, 0.15) is 5.56 Å². The van der Waals surface area contributed by atoms with Crippen molar-refractivity contribution in [3.8, 4) is 0 Å². The molecule has 8 heteroatoms. The quantitative estimate of drug-likeness (QED) is 0.531. The molecule has 0 fully saturated rings. The molecule has 0 unspecified atom stereocenters. The van der Waals surface area contributed by atoms with Crippen LogP contribution in [0, 0.1) is 33.4 Å². The summed E-state index contributed by atoms with van der Waals surface area (Å²) in [6, 6.07) is 4.14. The Kier molecular flexibility index (Phi) is 4.06. The highest BCUT2D eigenvalue weighted by atomic mass is 19.2. The first-order valence-electron chi connectivity index (χ1n) is 5.69. The minimum absolute atomic E-state index is 0.114. The molecule has 0 atom stereocenters. The molecule has 2 rings (SSSR count).